The molecular formula is C20H17N3O4. The van der Waals surface area contributed by atoms with Gasteiger partial charge >= 0.3 is 5.82 Å². The highest BCUT2D eigenvalue weighted by Crippen LogP contribution is 2.23. The number of benzene rings is 2. The first kappa shape index (κ1) is 18.1. The number of aromatic nitrogens is 1. The minimum atomic E-state index is -0.640. The third kappa shape index (κ3) is 4.66. The molecule has 1 heterocycles. The van der Waals surface area contributed by atoms with Crippen LogP contribution in [-0.2, 0) is 11.3 Å². The Balaban J connectivity index is 1.78. The summed E-state index contributed by atoms with van der Waals surface area (Å²) in [5.41, 5.74) is 1.68. The SMILES string of the molecule is O=C(COc1cccnc1[N+](=O)[O-])N(Cc1ccccc1)c1ccccc1. The highest BCUT2D eigenvalue weighted by Gasteiger charge is 2.20. The number of amides is 1. The van der Waals surface area contributed by atoms with E-state index in [4.69, 9.17) is 4.74 Å². The number of rotatable bonds is 7. The number of pyridine rings is 1. The van der Waals surface area contributed by atoms with Gasteiger partial charge in [0.1, 0.15) is 6.20 Å². The molecule has 7 nitrogen and oxygen atoms in total. The molecule has 0 saturated heterocycles. The zero-order valence-electron chi connectivity index (χ0n) is 14.4. The summed E-state index contributed by atoms with van der Waals surface area (Å²) in [6, 6.07) is 21.7. The lowest BCUT2D eigenvalue weighted by atomic mass is 10.2. The number of para-hydroxylation sites is 1. The van der Waals surface area contributed by atoms with Crippen LogP contribution in [0, 0.1) is 10.1 Å². The van der Waals surface area contributed by atoms with Crippen LogP contribution in [0.5, 0.6) is 5.75 Å². The molecule has 0 bridgehead atoms. The molecule has 3 aromatic rings. The van der Waals surface area contributed by atoms with E-state index in [1.54, 1.807) is 4.90 Å². The topological polar surface area (TPSA) is 85.6 Å². The van der Waals surface area contributed by atoms with E-state index in [0.717, 1.165) is 11.3 Å². The highest BCUT2D eigenvalue weighted by molar-refractivity contribution is 5.94. The van der Waals surface area contributed by atoms with Crippen molar-refractivity contribution in [3.05, 3.63) is 94.7 Å². The minimum absolute atomic E-state index is 0.0384. The maximum absolute atomic E-state index is 12.8. The zero-order valence-corrected chi connectivity index (χ0v) is 14.4. The number of anilines is 1. The predicted octanol–water partition coefficient (Wildman–Crippen LogP) is 3.60. The minimum Gasteiger partial charge on any atom is -0.476 e. The summed E-state index contributed by atoms with van der Waals surface area (Å²) in [7, 11) is 0. The van der Waals surface area contributed by atoms with E-state index >= 15 is 0 Å². The first-order valence-electron chi connectivity index (χ1n) is 8.26. The molecule has 0 atom stereocenters. The molecule has 0 unspecified atom stereocenters. The third-order valence-electron chi connectivity index (χ3n) is 3.83. The van der Waals surface area contributed by atoms with Crippen LogP contribution in [0.4, 0.5) is 11.5 Å². The second kappa shape index (κ2) is 8.57. The van der Waals surface area contributed by atoms with Crippen molar-refractivity contribution in [2.45, 2.75) is 6.54 Å². The average molecular weight is 363 g/mol. The Labute approximate surface area is 156 Å². The van der Waals surface area contributed by atoms with Gasteiger partial charge in [-0.15, -0.1) is 0 Å². The Morgan fingerprint density at radius 2 is 1.67 bits per heavy atom. The average Bonchev–Trinajstić information content (AvgIpc) is 2.72. The Bertz CT molecular complexity index is 917. The Morgan fingerprint density at radius 1 is 1.00 bits per heavy atom. The van der Waals surface area contributed by atoms with Gasteiger partial charge < -0.3 is 19.8 Å². The summed E-state index contributed by atoms with van der Waals surface area (Å²) >= 11 is 0. The molecule has 136 valence electrons. The molecule has 1 amide bonds. The van der Waals surface area contributed by atoms with Crippen LogP contribution in [0.1, 0.15) is 5.56 Å². The van der Waals surface area contributed by atoms with Crippen molar-refractivity contribution in [3.8, 4) is 5.75 Å². The summed E-state index contributed by atoms with van der Waals surface area (Å²) in [6.07, 6.45) is 1.30. The van der Waals surface area contributed by atoms with Crippen molar-refractivity contribution in [2.75, 3.05) is 11.5 Å². The van der Waals surface area contributed by atoms with Crippen LogP contribution in [0.3, 0.4) is 0 Å². The van der Waals surface area contributed by atoms with Gasteiger partial charge in [0, 0.05) is 5.69 Å². The normalized spacial score (nSPS) is 10.2. The fourth-order valence-corrected chi connectivity index (χ4v) is 2.55. The summed E-state index contributed by atoms with van der Waals surface area (Å²) < 4.78 is 5.41. The highest BCUT2D eigenvalue weighted by atomic mass is 16.6. The molecule has 0 fully saturated rings. The van der Waals surface area contributed by atoms with Crippen LogP contribution in [-0.4, -0.2) is 22.4 Å². The molecule has 7 heteroatoms. The predicted molar refractivity (Wildman–Crippen MR) is 100 cm³/mol. The van der Waals surface area contributed by atoms with Crippen LogP contribution < -0.4 is 9.64 Å². The quantitative estimate of drug-likeness (QED) is 0.473. The summed E-state index contributed by atoms with van der Waals surface area (Å²) in [5, 5.41) is 11.0. The van der Waals surface area contributed by atoms with Crippen molar-refractivity contribution >= 4 is 17.4 Å². The van der Waals surface area contributed by atoms with Gasteiger partial charge in [0.25, 0.3) is 5.91 Å². The summed E-state index contributed by atoms with van der Waals surface area (Å²) in [5.74, 6) is -0.772. The van der Waals surface area contributed by atoms with Crippen molar-refractivity contribution < 1.29 is 14.5 Å². The van der Waals surface area contributed by atoms with E-state index < -0.39 is 10.7 Å². The van der Waals surface area contributed by atoms with E-state index in [9.17, 15) is 14.9 Å². The molecule has 27 heavy (non-hydrogen) atoms. The fraction of sp³-hybridized carbons (Fsp3) is 0.100. The molecule has 0 aliphatic heterocycles. The molecule has 0 saturated carbocycles. The maximum atomic E-state index is 12.8. The second-order valence-corrected chi connectivity index (χ2v) is 5.67. The molecule has 1 aromatic heterocycles. The number of nitrogens with zero attached hydrogens (tertiary/aromatic N) is 3. The lowest BCUT2D eigenvalue weighted by Crippen LogP contribution is -2.34. The van der Waals surface area contributed by atoms with Crippen LogP contribution in [0.2, 0.25) is 0 Å². The molecule has 0 N–H and O–H groups in total. The largest absolute Gasteiger partial charge is 0.476 e. The number of ether oxygens (including phenoxy) is 1. The van der Waals surface area contributed by atoms with Gasteiger partial charge in [-0.25, -0.2) is 0 Å². The fourth-order valence-electron chi connectivity index (χ4n) is 2.55. The van der Waals surface area contributed by atoms with Gasteiger partial charge in [0.15, 0.2) is 6.61 Å². The first-order valence-corrected chi connectivity index (χ1v) is 8.26. The number of hydrogen-bond acceptors (Lipinski definition) is 5. The van der Waals surface area contributed by atoms with E-state index in [1.165, 1.54) is 18.3 Å². The first-order chi connectivity index (χ1) is 13.1. The van der Waals surface area contributed by atoms with Crippen molar-refractivity contribution in [3.63, 3.8) is 0 Å². The van der Waals surface area contributed by atoms with E-state index in [1.807, 2.05) is 60.7 Å². The van der Waals surface area contributed by atoms with Gasteiger partial charge in [-0.3, -0.25) is 4.79 Å². The van der Waals surface area contributed by atoms with Crippen LogP contribution in [0.15, 0.2) is 79.0 Å². The maximum Gasteiger partial charge on any atom is 0.406 e. The van der Waals surface area contributed by atoms with E-state index in [2.05, 4.69) is 4.98 Å². The number of hydrogen-bond donors (Lipinski definition) is 0. The van der Waals surface area contributed by atoms with E-state index in [-0.39, 0.29) is 18.3 Å². The lowest BCUT2D eigenvalue weighted by Gasteiger charge is -2.23. The van der Waals surface area contributed by atoms with Crippen molar-refractivity contribution in [2.24, 2.45) is 0 Å². The second-order valence-electron chi connectivity index (χ2n) is 5.67. The Hall–Kier alpha value is -3.74. The number of carbonyl (C=O) groups excluding carboxylic acids is 1. The lowest BCUT2D eigenvalue weighted by molar-refractivity contribution is -0.390. The number of nitro groups is 1. The van der Waals surface area contributed by atoms with Gasteiger partial charge in [0.2, 0.25) is 5.75 Å². The number of carbonyl (C=O) groups is 1. The Kier molecular flexibility index (Phi) is 5.73. The molecule has 0 radical (unpaired) electrons. The molecule has 3 rings (SSSR count). The Morgan fingerprint density at radius 3 is 2.33 bits per heavy atom. The zero-order chi connectivity index (χ0) is 19.1. The van der Waals surface area contributed by atoms with Crippen molar-refractivity contribution in [1.29, 1.82) is 0 Å². The van der Waals surface area contributed by atoms with E-state index in [0.29, 0.717) is 6.54 Å². The van der Waals surface area contributed by atoms with Gasteiger partial charge in [0.05, 0.1) is 6.54 Å². The monoisotopic (exact) mass is 363 g/mol. The molecule has 2 aromatic carbocycles. The van der Waals surface area contributed by atoms with Crippen molar-refractivity contribution in [1.82, 2.24) is 4.98 Å². The molecule has 0 aliphatic carbocycles. The van der Waals surface area contributed by atoms with Crippen LogP contribution in [0.25, 0.3) is 0 Å². The molecule has 0 aliphatic rings. The van der Waals surface area contributed by atoms with Gasteiger partial charge in [-0.05, 0) is 39.7 Å². The summed E-state index contributed by atoms with van der Waals surface area (Å²) in [6.45, 7) is 0.0242. The standard InChI is InChI=1S/C20H17N3O4/c24-19(15-27-18-12-7-13-21-20(18)23(25)26)22(17-10-5-2-6-11-17)14-16-8-3-1-4-9-16/h1-13H,14-15H2. The van der Waals surface area contributed by atoms with Gasteiger partial charge in [-0.1, -0.05) is 48.5 Å². The third-order valence-corrected chi connectivity index (χ3v) is 3.83. The molecular weight excluding hydrogens is 346 g/mol. The van der Waals surface area contributed by atoms with Gasteiger partial charge in [-0.2, -0.15) is 0 Å². The van der Waals surface area contributed by atoms with Crippen LogP contribution >= 0.6 is 0 Å². The molecule has 0 spiro atoms. The smallest absolute Gasteiger partial charge is 0.406 e. The summed E-state index contributed by atoms with van der Waals surface area (Å²) in [4.78, 5) is 28.5.